The molecule has 1 heterocycles. The number of carbonyl (C=O) groups excluding carboxylic acids is 1. The molecule has 0 amide bonds. The number of fused-ring (bicyclic) bond motifs is 1. The summed E-state index contributed by atoms with van der Waals surface area (Å²) in [6, 6.07) is 15.8. The quantitative estimate of drug-likeness (QED) is 0.628. The van der Waals surface area contributed by atoms with Crippen molar-refractivity contribution in [2.75, 3.05) is 0 Å². The topological polar surface area (TPSA) is 85.0 Å². The van der Waals surface area contributed by atoms with Gasteiger partial charge in [0.1, 0.15) is 6.61 Å². The van der Waals surface area contributed by atoms with Gasteiger partial charge in [0.15, 0.2) is 5.69 Å². The molecule has 3 aromatic rings. The second kappa shape index (κ2) is 8.28. The Labute approximate surface area is 156 Å². The van der Waals surface area contributed by atoms with Gasteiger partial charge in [-0.3, -0.25) is 4.79 Å². The average Bonchev–Trinajstić information content (AvgIpc) is 2.72. The van der Waals surface area contributed by atoms with Gasteiger partial charge in [-0.2, -0.15) is 10.4 Å². The molecule has 0 N–H and O–H groups in total. The molecule has 0 fully saturated rings. The first-order valence-electron chi connectivity index (χ1n) is 8.80. The number of benzene rings is 2. The summed E-state index contributed by atoms with van der Waals surface area (Å²) in [6.45, 7) is 2.55. The molecule has 0 aliphatic carbocycles. The molecule has 2 aromatic carbocycles. The summed E-state index contributed by atoms with van der Waals surface area (Å²) in [7, 11) is 0. The third-order valence-corrected chi connectivity index (χ3v) is 4.24. The molecule has 3 rings (SSSR count). The lowest BCUT2D eigenvalue weighted by Gasteiger charge is -2.10. The van der Waals surface area contributed by atoms with Crippen molar-refractivity contribution in [3.8, 4) is 6.07 Å². The van der Waals surface area contributed by atoms with Gasteiger partial charge in [-0.05, 0) is 30.2 Å². The normalized spacial score (nSPS) is 10.5. The molecule has 6 heteroatoms. The molecule has 0 bridgehead atoms. The highest BCUT2D eigenvalue weighted by molar-refractivity contribution is 6.02. The van der Waals surface area contributed by atoms with Gasteiger partial charge in [-0.25, -0.2) is 9.48 Å². The number of hydrogen-bond donors (Lipinski definition) is 0. The number of ether oxygens (including phenoxy) is 1. The number of hydrogen-bond acceptors (Lipinski definition) is 5. The fourth-order valence-electron chi connectivity index (χ4n) is 2.74. The van der Waals surface area contributed by atoms with Crippen molar-refractivity contribution in [2.24, 2.45) is 0 Å². The molecule has 0 unspecified atom stereocenters. The van der Waals surface area contributed by atoms with E-state index in [0.717, 1.165) is 18.4 Å². The van der Waals surface area contributed by atoms with E-state index >= 15 is 0 Å². The fraction of sp³-hybridized carbons (Fsp3) is 0.238. The summed E-state index contributed by atoms with van der Waals surface area (Å²) >= 11 is 0. The van der Waals surface area contributed by atoms with Crippen molar-refractivity contribution in [1.29, 1.82) is 5.26 Å². The lowest BCUT2D eigenvalue weighted by molar-refractivity contribution is 0.0465. The standard InChI is InChI=1S/C21H19N3O3/c1-2-3-12-24-20(25)18-7-5-4-6-17(18)19(23-24)21(26)27-14-16-10-8-15(13-22)9-11-16/h4-11H,2-3,12,14H2,1H3. The minimum Gasteiger partial charge on any atom is -0.456 e. The zero-order chi connectivity index (χ0) is 19.2. The van der Waals surface area contributed by atoms with Crippen LogP contribution >= 0.6 is 0 Å². The number of aryl methyl sites for hydroxylation is 1. The van der Waals surface area contributed by atoms with Gasteiger partial charge in [-0.15, -0.1) is 0 Å². The molecular weight excluding hydrogens is 342 g/mol. The summed E-state index contributed by atoms with van der Waals surface area (Å²) in [6.07, 6.45) is 1.71. The Bertz CT molecular complexity index is 1060. The van der Waals surface area contributed by atoms with E-state index in [1.807, 2.05) is 13.0 Å². The molecule has 136 valence electrons. The van der Waals surface area contributed by atoms with Crippen LogP contribution in [0.1, 0.15) is 41.4 Å². The summed E-state index contributed by atoms with van der Waals surface area (Å²) < 4.78 is 6.73. The number of unbranched alkanes of at least 4 members (excludes halogenated alkanes) is 1. The molecule has 0 saturated carbocycles. The van der Waals surface area contributed by atoms with Crippen LogP contribution in [0.3, 0.4) is 0 Å². The fourth-order valence-corrected chi connectivity index (χ4v) is 2.74. The van der Waals surface area contributed by atoms with Crippen LogP contribution in [0.15, 0.2) is 53.3 Å². The Hall–Kier alpha value is -3.46. The number of esters is 1. The number of nitriles is 1. The van der Waals surface area contributed by atoms with Gasteiger partial charge >= 0.3 is 5.97 Å². The van der Waals surface area contributed by atoms with Crippen molar-refractivity contribution in [3.05, 3.63) is 75.7 Å². The Balaban J connectivity index is 1.89. The first-order chi connectivity index (χ1) is 13.1. The molecular formula is C21H19N3O3. The maximum absolute atomic E-state index is 12.6. The highest BCUT2D eigenvalue weighted by Crippen LogP contribution is 2.15. The Kier molecular flexibility index (Phi) is 5.62. The van der Waals surface area contributed by atoms with Crippen LogP contribution in [0.25, 0.3) is 10.8 Å². The molecule has 0 aliphatic heterocycles. The first kappa shape index (κ1) is 18.3. The largest absolute Gasteiger partial charge is 0.456 e. The molecule has 0 saturated heterocycles. The first-order valence-corrected chi connectivity index (χ1v) is 8.80. The Morgan fingerprint density at radius 2 is 1.85 bits per heavy atom. The van der Waals surface area contributed by atoms with Gasteiger partial charge in [0.05, 0.1) is 17.0 Å². The van der Waals surface area contributed by atoms with Crippen molar-refractivity contribution < 1.29 is 9.53 Å². The monoisotopic (exact) mass is 361 g/mol. The smallest absolute Gasteiger partial charge is 0.359 e. The van der Waals surface area contributed by atoms with Crippen LogP contribution in [0.2, 0.25) is 0 Å². The van der Waals surface area contributed by atoms with E-state index in [4.69, 9.17) is 10.00 Å². The third kappa shape index (κ3) is 4.04. The van der Waals surface area contributed by atoms with Crippen LogP contribution < -0.4 is 5.56 Å². The Morgan fingerprint density at radius 3 is 2.52 bits per heavy atom. The zero-order valence-electron chi connectivity index (χ0n) is 15.0. The minimum absolute atomic E-state index is 0.0641. The van der Waals surface area contributed by atoms with Gasteiger partial charge in [-0.1, -0.05) is 43.7 Å². The van der Waals surface area contributed by atoms with Crippen LogP contribution in [-0.4, -0.2) is 15.7 Å². The number of rotatable bonds is 6. The maximum Gasteiger partial charge on any atom is 0.359 e. The highest BCUT2D eigenvalue weighted by atomic mass is 16.5. The molecule has 0 atom stereocenters. The lowest BCUT2D eigenvalue weighted by atomic mass is 10.1. The van der Waals surface area contributed by atoms with E-state index in [9.17, 15) is 9.59 Å². The third-order valence-electron chi connectivity index (χ3n) is 4.24. The number of carbonyl (C=O) groups is 1. The van der Waals surface area contributed by atoms with E-state index < -0.39 is 5.97 Å². The van der Waals surface area contributed by atoms with E-state index in [1.54, 1.807) is 48.5 Å². The predicted molar refractivity (Wildman–Crippen MR) is 101 cm³/mol. The van der Waals surface area contributed by atoms with Crippen molar-refractivity contribution in [1.82, 2.24) is 9.78 Å². The summed E-state index contributed by atoms with van der Waals surface area (Å²) in [5.41, 5.74) is 1.24. The highest BCUT2D eigenvalue weighted by Gasteiger charge is 2.18. The van der Waals surface area contributed by atoms with Crippen LogP contribution in [0.4, 0.5) is 0 Å². The number of nitrogens with zero attached hydrogens (tertiary/aromatic N) is 3. The molecule has 6 nitrogen and oxygen atoms in total. The van der Waals surface area contributed by atoms with Crippen molar-refractivity contribution in [3.63, 3.8) is 0 Å². The summed E-state index contributed by atoms with van der Waals surface area (Å²) in [4.78, 5) is 25.2. The Morgan fingerprint density at radius 1 is 1.15 bits per heavy atom. The molecule has 0 radical (unpaired) electrons. The van der Waals surface area contributed by atoms with Crippen LogP contribution in [0.5, 0.6) is 0 Å². The molecule has 0 spiro atoms. The second-order valence-electron chi connectivity index (χ2n) is 6.16. The van der Waals surface area contributed by atoms with Gasteiger partial charge in [0.2, 0.25) is 0 Å². The zero-order valence-corrected chi connectivity index (χ0v) is 15.0. The van der Waals surface area contributed by atoms with E-state index in [1.165, 1.54) is 4.68 Å². The van der Waals surface area contributed by atoms with E-state index in [0.29, 0.717) is 22.9 Å². The van der Waals surface area contributed by atoms with Gasteiger partial charge in [0, 0.05) is 11.9 Å². The van der Waals surface area contributed by atoms with E-state index in [2.05, 4.69) is 5.10 Å². The second-order valence-corrected chi connectivity index (χ2v) is 6.16. The van der Waals surface area contributed by atoms with Crippen LogP contribution in [-0.2, 0) is 17.9 Å². The lowest BCUT2D eigenvalue weighted by Crippen LogP contribution is -2.26. The van der Waals surface area contributed by atoms with Crippen molar-refractivity contribution in [2.45, 2.75) is 32.9 Å². The number of aromatic nitrogens is 2. The summed E-state index contributed by atoms with van der Waals surface area (Å²) in [5.74, 6) is -0.583. The SMILES string of the molecule is CCCCn1nc(C(=O)OCc2ccc(C#N)cc2)c2ccccc2c1=O. The maximum atomic E-state index is 12.6. The van der Waals surface area contributed by atoms with Gasteiger partial charge < -0.3 is 4.74 Å². The minimum atomic E-state index is -0.583. The molecule has 27 heavy (non-hydrogen) atoms. The summed E-state index contributed by atoms with van der Waals surface area (Å²) in [5, 5.41) is 14.0. The van der Waals surface area contributed by atoms with E-state index in [-0.39, 0.29) is 17.9 Å². The molecule has 0 aliphatic rings. The van der Waals surface area contributed by atoms with Crippen LogP contribution in [0, 0.1) is 11.3 Å². The average molecular weight is 361 g/mol. The predicted octanol–water partition coefficient (Wildman–Crippen LogP) is 3.43. The molecule has 1 aromatic heterocycles. The van der Waals surface area contributed by atoms with Gasteiger partial charge in [0.25, 0.3) is 5.56 Å². The van der Waals surface area contributed by atoms with Crippen molar-refractivity contribution >= 4 is 16.7 Å².